The number of carbonyl (C=O) groups is 2. The molecule has 1 atom stereocenters. The highest BCUT2D eigenvalue weighted by molar-refractivity contribution is 5.94. The smallest absolute Gasteiger partial charge is 0.331 e. The summed E-state index contributed by atoms with van der Waals surface area (Å²) in [5, 5.41) is 2.89. The van der Waals surface area contributed by atoms with E-state index in [9.17, 15) is 19.2 Å². The van der Waals surface area contributed by atoms with Gasteiger partial charge in [-0.05, 0) is 36.3 Å². The Balaban J connectivity index is 1.49. The molecule has 0 saturated heterocycles. The molecule has 1 N–H and O–H groups in total. The molecule has 2 amide bonds. The van der Waals surface area contributed by atoms with E-state index in [1.54, 1.807) is 13.2 Å². The quantitative estimate of drug-likeness (QED) is 0.672. The van der Waals surface area contributed by atoms with Crippen molar-refractivity contribution in [2.24, 2.45) is 13.0 Å². The summed E-state index contributed by atoms with van der Waals surface area (Å²) in [6, 6.07) is 3.14. The highest BCUT2D eigenvalue weighted by Gasteiger charge is 2.24. The van der Waals surface area contributed by atoms with Gasteiger partial charge in [0.05, 0.1) is 5.56 Å². The van der Waals surface area contributed by atoms with E-state index < -0.39 is 11.2 Å². The fourth-order valence-corrected chi connectivity index (χ4v) is 3.23. The molecular weight excluding hydrogens is 386 g/mol. The van der Waals surface area contributed by atoms with Crippen molar-refractivity contribution in [3.05, 3.63) is 62.7 Å². The van der Waals surface area contributed by atoms with Crippen LogP contribution in [0.2, 0.25) is 0 Å². The Morgan fingerprint density at radius 3 is 2.73 bits per heavy atom. The van der Waals surface area contributed by atoms with Crippen molar-refractivity contribution in [3.8, 4) is 0 Å². The molecule has 160 valence electrons. The Morgan fingerprint density at radius 1 is 1.30 bits per heavy atom. The summed E-state index contributed by atoms with van der Waals surface area (Å²) in [5.41, 5.74) is 0.700. The minimum atomic E-state index is -0.536. The average Bonchev–Trinajstić information content (AvgIpc) is 3.58. The lowest BCUT2D eigenvalue weighted by atomic mass is 10.1. The van der Waals surface area contributed by atoms with E-state index in [2.05, 4.69) is 10.3 Å². The van der Waals surface area contributed by atoms with Gasteiger partial charge < -0.3 is 10.2 Å². The van der Waals surface area contributed by atoms with E-state index in [-0.39, 0.29) is 24.3 Å². The molecule has 0 aromatic carbocycles. The third-order valence-corrected chi connectivity index (χ3v) is 5.26. The normalized spacial score (nSPS) is 14.2. The van der Waals surface area contributed by atoms with Crippen LogP contribution < -0.4 is 16.6 Å². The minimum Gasteiger partial charge on any atom is -0.352 e. The summed E-state index contributed by atoms with van der Waals surface area (Å²) >= 11 is 0. The molecule has 2 aromatic rings. The van der Waals surface area contributed by atoms with Gasteiger partial charge in [-0.25, -0.2) is 4.79 Å². The zero-order valence-corrected chi connectivity index (χ0v) is 17.5. The van der Waals surface area contributed by atoms with Crippen LogP contribution in [0.15, 0.2) is 40.3 Å². The summed E-state index contributed by atoms with van der Waals surface area (Å²) in [5.74, 6) is 0.112. The number of nitrogens with one attached hydrogen (secondary N) is 1. The van der Waals surface area contributed by atoms with Gasteiger partial charge in [0.2, 0.25) is 5.91 Å². The van der Waals surface area contributed by atoms with Crippen molar-refractivity contribution in [1.82, 2.24) is 24.3 Å². The van der Waals surface area contributed by atoms with Crippen molar-refractivity contribution in [1.29, 1.82) is 0 Å². The predicted molar refractivity (Wildman–Crippen MR) is 111 cm³/mol. The maximum atomic E-state index is 12.4. The number of hydrogen-bond donors (Lipinski definition) is 1. The second-order valence-electron chi connectivity index (χ2n) is 7.99. The second-order valence-corrected chi connectivity index (χ2v) is 7.99. The Bertz CT molecular complexity index is 1050. The summed E-state index contributed by atoms with van der Waals surface area (Å²) < 4.78 is 2.16. The maximum absolute atomic E-state index is 12.4. The van der Waals surface area contributed by atoms with E-state index in [1.165, 1.54) is 28.8 Å². The number of nitrogens with zero attached hydrogens (tertiary/aromatic N) is 4. The first-order valence-corrected chi connectivity index (χ1v) is 10.00. The van der Waals surface area contributed by atoms with Crippen LogP contribution in [-0.4, -0.2) is 51.0 Å². The van der Waals surface area contributed by atoms with Gasteiger partial charge in [-0.3, -0.25) is 28.5 Å². The Hall–Kier alpha value is -3.23. The molecular formula is C21H27N5O4. The van der Waals surface area contributed by atoms with Crippen molar-refractivity contribution < 1.29 is 9.59 Å². The summed E-state index contributed by atoms with van der Waals surface area (Å²) in [6.45, 7) is 2.60. The number of amides is 2. The zero-order chi connectivity index (χ0) is 21.8. The van der Waals surface area contributed by atoms with E-state index in [0.29, 0.717) is 24.6 Å². The summed E-state index contributed by atoms with van der Waals surface area (Å²) in [6.07, 6.45) is 7.00. The molecule has 1 saturated carbocycles. The first kappa shape index (κ1) is 21.5. The van der Waals surface area contributed by atoms with Gasteiger partial charge in [0.25, 0.3) is 11.5 Å². The second kappa shape index (κ2) is 9.06. The van der Waals surface area contributed by atoms with Crippen molar-refractivity contribution >= 4 is 11.8 Å². The molecule has 1 aliphatic carbocycles. The molecule has 30 heavy (non-hydrogen) atoms. The Kier molecular flexibility index (Phi) is 6.49. The van der Waals surface area contributed by atoms with Crippen molar-refractivity contribution in [3.63, 3.8) is 0 Å². The number of pyridine rings is 1. The minimum absolute atomic E-state index is 0.0133. The van der Waals surface area contributed by atoms with Gasteiger partial charge in [-0.2, -0.15) is 0 Å². The third-order valence-electron chi connectivity index (χ3n) is 5.26. The molecule has 2 aromatic heterocycles. The van der Waals surface area contributed by atoms with E-state index in [4.69, 9.17) is 0 Å². The van der Waals surface area contributed by atoms with Crippen LogP contribution in [0, 0.1) is 5.92 Å². The van der Waals surface area contributed by atoms with Crippen LogP contribution in [0.5, 0.6) is 0 Å². The molecule has 0 aliphatic heterocycles. The first-order valence-electron chi connectivity index (χ1n) is 10.00. The van der Waals surface area contributed by atoms with Gasteiger partial charge in [0, 0.05) is 51.8 Å². The number of likely N-dealkylation sites (N-methyl/N-ethyl adjacent to an activating group) is 1. The van der Waals surface area contributed by atoms with Crippen LogP contribution in [0.1, 0.15) is 41.6 Å². The Morgan fingerprint density at radius 2 is 2.03 bits per heavy atom. The third kappa shape index (κ3) is 5.22. The van der Waals surface area contributed by atoms with Crippen LogP contribution in [0.25, 0.3) is 0 Å². The molecule has 1 fully saturated rings. The topological polar surface area (TPSA) is 106 Å². The van der Waals surface area contributed by atoms with Crippen LogP contribution >= 0.6 is 0 Å². The summed E-state index contributed by atoms with van der Waals surface area (Å²) in [7, 11) is 3.02. The molecule has 0 radical (unpaired) electrons. The molecule has 0 spiro atoms. The van der Waals surface area contributed by atoms with Gasteiger partial charge in [-0.15, -0.1) is 0 Å². The molecule has 9 nitrogen and oxygen atoms in total. The number of rotatable bonds is 8. The van der Waals surface area contributed by atoms with Crippen molar-refractivity contribution in [2.75, 3.05) is 20.1 Å². The lowest BCUT2D eigenvalue weighted by Crippen LogP contribution is -2.42. The SMILES string of the molecule is CC(CNC(=O)c1cncc(C2CC2)c1)CN(C)C(=O)Cn1ccc(=O)n(C)c1=O. The van der Waals surface area contributed by atoms with E-state index in [0.717, 1.165) is 23.0 Å². The van der Waals surface area contributed by atoms with Gasteiger partial charge >= 0.3 is 5.69 Å². The van der Waals surface area contributed by atoms with Gasteiger partial charge in [-0.1, -0.05) is 6.92 Å². The van der Waals surface area contributed by atoms with Crippen LogP contribution in [-0.2, 0) is 18.4 Å². The van der Waals surface area contributed by atoms with E-state index in [1.807, 2.05) is 19.2 Å². The fraction of sp³-hybridized carbons (Fsp3) is 0.476. The van der Waals surface area contributed by atoms with Crippen LogP contribution in [0.4, 0.5) is 0 Å². The molecule has 2 heterocycles. The lowest BCUT2D eigenvalue weighted by Gasteiger charge is -2.22. The fourth-order valence-electron chi connectivity index (χ4n) is 3.23. The monoisotopic (exact) mass is 413 g/mol. The standard InChI is InChI=1S/C21H27N5O4/c1-14(9-23-20(29)17-8-16(10-22-11-17)15-4-5-15)12-24(2)19(28)13-26-7-6-18(27)25(3)21(26)30/h6-8,10-11,14-15H,4-5,9,12-13H2,1-3H3,(H,23,29). The zero-order valence-electron chi connectivity index (χ0n) is 17.5. The van der Waals surface area contributed by atoms with E-state index >= 15 is 0 Å². The molecule has 1 aliphatic rings. The lowest BCUT2D eigenvalue weighted by molar-refractivity contribution is -0.131. The Labute approximate surface area is 174 Å². The largest absolute Gasteiger partial charge is 0.352 e. The molecule has 9 heteroatoms. The number of carbonyl (C=O) groups excluding carboxylic acids is 2. The predicted octanol–water partition coefficient (Wildman–Crippen LogP) is 0.344. The molecule has 1 unspecified atom stereocenters. The summed E-state index contributed by atoms with van der Waals surface area (Å²) in [4.78, 5) is 54.0. The first-order chi connectivity index (χ1) is 14.3. The number of hydrogen-bond acceptors (Lipinski definition) is 5. The maximum Gasteiger partial charge on any atom is 0.331 e. The number of aromatic nitrogens is 3. The average molecular weight is 413 g/mol. The molecule has 0 bridgehead atoms. The van der Waals surface area contributed by atoms with Crippen molar-refractivity contribution in [2.45, 2.75) is 32.2 Å². The molecule has 3 rings (SSSR count). The highest BCUT2D eigenvalue weighted by Crippen LogP contribution is 2.39. The van der Waals surface area contributed by atoms with Crippen LogP contribution in [0.3, 0.4) is 0 Å². The van der Waals surface area contributed by atoms with Gasteiger partial charge in [0.15, 0.2) is 0 Å². The van der Waals surface area contributed by atoms with Gasteiger partial charge in [0.1, 0.15) is 6.54 Å². The highest BCUT2D eigenvalue weighted by atomic mass is 16.2.